The fourth-order valence-electron chi connectivity index (χ4n) is 6.28. The van der Waals surface area contributed by atoms with Gasteiger partial charge >= 0.3 is 0 Å². The molecule has 5 heteroatoms. The number of piperidine rings is 1. The van der Waals surface area contributed by atoms with E-state index in [-0.39, 0.29) is 17.2 Å². The molecule has 0 aromatic rings. The van der Waals surface area contributed by atoms with Gasteiger partial charge in [-0.25, -0.2) is 0 Å². The molecule has 0 bridgehead atoms. The molecule has 3 heterocycles. The Kier molecular flexibility index (Phi) is 6.29. The third kappa shape index (κ3) is 4.39. The van der Waals surface area contributed by atoms with Crippen LogP contribution in [0.3, 0.4) is 0 Å². The maximum absolute atomic E-state index is 12.9. The maximum Gasteiger partial charge on any atom is 0.242 e. The summed E-state index contributed by atoms with van der Waals surface area (Å²) < 4.78 is 0. The van der Waals surface area contributed by atoms with Crippen molar-refractivity contribution >= 4 is 11.8 Å². The van der Waals surface area contributed by atoms with Crippen molar-refractivity contribution in [1.29, 1.82) is 0 Å². The zero-order valence-electron chi connectivity index (χ0n) is 17.8. The summed E-state index contributed by atoms with van der Waals surface area (Å²) in [6, 6.07) is 0.648. The average molecular weight is 390 g/mol. The minimum absolute atomic E-state index is 0.172. The predicted molar refractivity (Wildman–Crippen MR) is 111 cm³/mol. The molecule has 0 aromatic carbocycles. The summed E-state index contributed by atoms with van der Waals surface area (Å²) >= 11 is 0. The van der Waals surface area contributed by atoms with Crippen molar-refractivity contribution in [3.8, 4) is 0 Å². The Balaban J connectivity index is 1.26. The Morgan fingerprint density at radius 2 is 1.64 bits per heavy atom. The molecule has 158 valence electrons. The highest BCUT2D eigenvalue weighted by Crippen LogP contribution is 2.43. The van der Waals surface area contributed by atoms with E-state index in [4.69, 9.17) is 0 Å². The molecule has 4 aliphatic rings. The van der Waals surface area contributed by atoms with Gasteiger partial charge in [-0.05, 0) is 69.9 Å². The molecular formula is C23H39N3O2. The summed E-state index contributed by atoms with van der Waals surface area (Å²) in [6.07, 6.45) is 13.0. The van der Waals surface area contributed by atoms with E-state index in [0.717, 1.165) is 32.5 Å². The van der Waals surface area contributed by atoms with Crippen LogP contribution in [0.2, 0.25) is 0 Å². The standard InChI is InChI=1S/C23H39N3O2/c1-19(24-12-6-7-13-24)20-8-14-25(15-9-20)22(28)17-26-18-23(16-21(26)27)10-4-2-3-5-11-23/h19-20H,2-18H2,1H3/t19-/m1/s1. The molecule has 0 N–H and O–H groups in total. The number of carbonyl (C=O) groups is 2. The van der Waals surface area contributed by atoms with E-state index in [2.05, 4.69) is 11.8 Å². The Morgan fingerprint density at radius 3 is 2.29 bits per heavy atom. The van der Waals surface area contributed by atoms with Gasteiger partial charge in [0.15, 0.2) is 0 Å². The predicted octanol–water partition coefficient (Wildman–Crippen LogP) is 3.28. The van der Waals surface area contributed by atoms with E-state index in [1.807, 2.05) is 9.80 Å². The number of hydrogen-bond donors (Lipinski definition) is 0. The molecule has 1 saturated carbocycles. The molecule has 1 spiro atoms. The first-order chi connectivity index (χ1) is 13.6. The highest BCUT2D eigenvalue weighted by Gasteiger charge is 2.43. The fraction of sp³-hybridized carbons (Fsp3) is 0.913. The molecule has 0 aromatic heterocycles. The van der Waals surface area contributed by atoms with E-state index >= 15 is 0 Å². The minimum atomic E-state index is 0.172. The zero-order valence-corrected chi connectivity index (χ0v) is 17.8. The normalized spacial score (nSPS) is 28.1. The van der Waals surface area contributed by atoms with Gasteiger partial charge in [-0.15, -0.1) is 0 Å². The van der Waals surface area contributed by atoms with Gasteiger partial charge in [-0.1, -0.05) is 25.7 Å². The van der Waals surface area contributed by atoms with Gasteiger partial charge < -0.3 is 14.7 Å². The summed E-state index contributed by atoms with van der Waals surface area (Å²) in [4.78, 5) is 32.1. The van der Waals surface area contributed by atoms with Crippen LogP contribution in [0, 0.1) is 11.3 Å². The smallest absolute Gasteiger partial charge is 0.242 e. The largest absolute Gasteiger partial charge is 0.341 e. The van der Waals surface area contributed by atoms with Crippen LogP contribution in [-0.4, -0.2) is 71.8 Å². The van der Waals surface area contributed by atoms with Crippen LogP contribution in [-0.2, 0) is 9.59 Å². The molecule has 1 aliphatic carbocycles. The van der Waals surface area contributed by atoms with Crippen LogP contribution in [0.15, 0.2) is 0 Å². The maximum atomic E-state index is 12.9. The van der Waals surface area contributed by atoms with E-state index in [9.17, 15) is 9.59 Å². The van der Waals surface area contributed by atoms with Gasteiger partial charge in [0.25, 0.3) is 0 Å². The molecule has 3 saturated heterocycles. The molecule has 4 rings (SSSR count). The lowest BCUT2D eigenvalue weighted by Gasteiger charge is -2.38. The van der Waals surface area contributed by atoms with E-state index in [0.29, 0.717) is 24.9 Å². The third-order valence-electron chi connectivity index (χ3n) is 8.19. The summed E-state index contributed by atoms with van der Waals surface area (Å²) in [6.45, 7) is 7.75. The first-order valence-electron chi connectivity index (χ1n) is 11.9. The summed E-state index contributed by atoms with van der Waals surface area (Å²) in [5.74, 6) is 1.10. The Hall–Kier alpha value is -1.10. The van der Waals surface area contributed by atoms with Gasteiger partial charge in [0.2, 0.25) is 11.8 Å². The second-order valence-corrected chi connectivity index (χ2v) is 10.0. The third-order valence-corrected chi connectivity index (χ3v) is 8.19. The number of hydrogen-bond acceptors (Lipinski definition) is 3. The number of amides is 2. The Morgan fingerprint density at radius 1 is 1.00 bits per heavy atom. The van der Waals surface area contributed by atoms with Crippen molar-refractivity contribution in [2.75, 3.05) is 39.3 Å². The van der Waals surface area contributed by atoms with Gasteiger partial charge in [0.05, 0.1) is 6.54 Å². The Labute approximate surface area is 170 Å². The van der Waals surface area contributed by atoms with Crippen molar-refractivity contribution in [2.24, 2.45) is 11.3 Å². The zero-order chi connectivity index (χ0) is 19.6. The fourth-order valence-corrected chi connectivity index (χ4v) is 6.28. The lowest BCUT2D eigenvalue weighted by Crippen LogP contribution is -2.48. The quantitative estimate of drug-likeness (QED) is 0.741. The number of carbonyl (C=O) groups excluding carboxylic acids is 2. The Bertz CT molecular complexity index is 556. The van der Waals surface area contributed by atoms with E-state index < -0.39 is 0 Å². The van der Waals surface area contributed by atoms with E-state index in [1.165, 1.54) is 64.5 Å². The highest BCUT2D eigenvalue weighted by molar-refractivity contribution is 5.86. The van der Waals surface area contributed by atoms with Crippen LogP contribution >= 0.6 is 0 Å². The van der Waals surface area contributed by atoms with Crippen LogP contribution in [0.5, 0.6) is 0 Å². The van der Waals surface area contributed by atoms with Crippen LogP contribution in [0.25, 0.3) is 0 Å². The van der Waals surface area contributed by atoms with Crippen LogP contribution < -0.4 is 0 Å². The molecule has 2 amide bonds. The van der Waals surface area contributed by atoms with Crippen molar-refractivity contribution in [1.82, 2.24) is 14.7 Å². The molecule has 1 atom stereocenters. The second kappa shape index (κ2) is 8.73. The van der Waals surface area contributed by atoms with Crippen LogP contribution in [0.4, 0.5) is 0 Å². The van der Waals surface area contributed by atoms with Gasteiger partial charge in [0, 0.05) is 32.1 Å². The van der Waals surface area contributed by atoms with Crippen molar-refractivity contribution in [3.05, 3.63) is 0 Å². The van der Waals surface area contributed by atoms with E-state index in [1.54, 1.807) is 0 Å². The number of rotatable bonds is 4. The number of nitrogens with zero attached hydrogens (tertiary/aromatic N) is 3. The molecule has 4 fully saturated rings. The molecule has 3 aliphatic heterocycles. The lowest BCUT2D eigenvalue weighted by atomic mass is 9.80. The summed E-state index contributed by atoms with van der Waals surface area (Å²) in [5, 5.41) is 0. The molecule has 0 unspecified atom stereocenters. The lowest BCUT2D eigenvalue weighted by molar-refractivity contribution is -0.139. The van der Waals surface area contributed by atoms with Crippen molar-refractivity contribution < 1.29 is 9.59 Å². The second-order valence-electron chi connectivity index (χ2n) is 10.0. The molecular weight excluding hydrogens is 350 g/mol. The summed E-state index contributed by atoms with van der Waals surface area (Å²) in [7, 11) is 0. The van der Waals surface area contributed by atoms with Gasteiger partial charge in [-0.2, -0.15) is 0 Å². The van der Waals surface area contributed by atoms with Gasteiger partial charge in [0.1, 0.15) is 0 Å². The highest BCUT2D eigenvalue weighted by atomic mass is 16.2. The molecule has 5 nitrogen and oxygen atoms in total. The SMILES string of the molecule is C[C@H](C1CCN(C(=O)CN2CC3(CCCCCC3)CC2=O)CC1)N1CCCC1. The average Bonchev–Trinajstić information content (AvgIpc) is 3.27. The monoisotopic (exact) mass is 389 g/mol. The molecule has 0 radical (unpaired) electrons. The van der Waals surface area contributed by atoms with Crippen molar-refractivity contribution in [3.63, 3.8) is 0 Å². The minimum Gasteiger partial charge on any atom is -0.341 e. The van der Waals surface area contributed by atoms with Crippen molar-refractivity contribution in [2.45, 2.75) is 83.6 Å². The first kappa shape index (κ1) is 20.2. The van der Waals surface area contributed by atoms with Crippen LogP contribution in [0.1, 0.15) is 77.6 Å². The summed E-state index contributed by atoms with van der Waals surface area (Å²) in [5.41, 5.74) is 0.173. The number of likely N-dealkylation sites (tertiary alicyclic amines) is 3. The molecule has 28 heavy (non-hydrogen) atoms. The van der Waals surface area contributed by atoms with Gasteiger partial charge in [-0.3, -0.25) is 9.59 Å². The first-order valence-corrected chi connectivity index (χ1v) is 11.9. The topological polar surface area (TPSA) is 43.9 Å².